The number of morpholine rings is 1. The summed E-state index contributed by atoms with van der Waals surface area (Å²) in [5, 5.41) is 0.616. The normalized spacial score (nSPS) is 16.8. The molecule has 1 aliphatic heterocycles. The fraction of sp³-hybridized carbons (Fsp3) is 0.368. The number of ether oxygens (including phenoxy) is 2. The van der Waals surface area contributed by atoms with Crippen molar-refractivity contribution in [1.29, 1.82) is 0 Å². The summed E-state index contributed by atoms with van der Waals surface area (Å²) < 4.78 is 39.0. The molecule has 6 nitrogen and oxygen atoms in total. The van der Waals surface area contributed by atoms with Crippen LogP contribution in [0.1, 0.15) is 11.6 Å². The average molecular weight is 411 g/mol. The van der Waals surface area contributed by atoms with E-state index in [0.717, 1.165) is 5.56 Å². The molecule has 146 valence electrons. The van der Waals surface area contributed by atoms with Gasteiger partial charge in [0.1, 0.15) is 10.6 Å². The first-order valence-corrected chi connectivity index (χ1v) is 10.6. The molecular formula is C19H23ClN2O4S. The minimum Gasteiger partial charge on any atom is -0.495 e. The van der Waals surface area contributed by atoms with E-state index in [9.17, 15) is 8.42 Å². The van der Waals surface area contributed by atoms with E-state index < -0.39 is 10.0 Å². The van der Waals surface area contributed by atoms with Crippen LogP contribution in [0.4, 0.5) is 0 Å². The Hall–Kier alpha value is -1.64. The van der Waals surface area contributed by atoms with Gasteiger partial charge < -0.3 is 9.47 Å². The number of halogens is 1. The van der Waals surface area contributed by atoms with Gasteiger partial charge in [-0.1, -0.05) is 41.9 Å². The number of nitrogens with one attached hydrogen (secondary N) is 1. The van der Waals surface area contributed by atoms with Crippen molar-refractivity contribution < 1.29 is 17.9 Å². The number of methoxy groups -OCH3 is 1. The van der Waals surface area contributed by atoms with Gasteiger partial charge in [-0.3, -0.25) is 4.90 Å². The molecule has 1 N–H and O–H groups in total. The minimum absolute atomic E-state index is 0.118. The van der Waals surface area contributed by atoms with Crippen LogP contribution in [0.3, 0.4) is 0 Å². The summed E-state index contributed by atoms with van der Waals surface area (Å²) in [5.74, 6) is 0.311. The lowest BCUT2D eigenvalue weighted by molar-refractivity contribution is 0.0172. The molecule has 0 amide bonds. The second-order valence-electron chi connectivity index (χ2n) is 6.19. The summed E-state index contributed by atoms with van der Waals surface area (Å²) in [6, 6.07) is 13.9. The highest BCUT2D eigenvalue weighted by Gasteiger charge is 2.27. The highest BCUT2D eigenvalue weighted by molar-refractivity contribution is 7.89. The van der Waals surface area contributed by atoms with E-state index in [1.165, 1.54) is 13.2 Å². The Morgan fingerprint density at radius 1 is 1.15 bits per heavy atom. The summed E-state index contributed by atoms with van der Waals surface area (Å²) in [6.07, 6.45) is 0. The van der Waals surface area contributed by atoms with Crippen LogP contribution < -0.4 is 9.46 Å². The molecule has 1 fully saturated rings. The van der Waals surface area contributed by atoms with Crippen molar-refractivity contribution >= 4 is 21.6 Å². The standard InChI is InChI=1S/C19H23ClN2O4S/c1-25-18-8-4-5-9-19(18)27(23,24)21-14-17(22-10-12-26-13-11-22)15-6-2-3-7-16(15)20/h2-9,17,21H,10-14H2,1H3. The van der Waals surface area contributed by atoms with Crippen LogP contribution in [0, 0.1) is 0 Å². The lowest BCUT2D eigenvalue weighted by Crippen LogP contribution is -2.43. The second kappa shape index (κ2) is 9.03. The average Bonchev–Trinajstić information content (AvgIpc) is 2.70. The molecule has 27 heavy (non-hydrogen) atoms. The predicted octanol–water partition coefficient (Wildman–Crippen LogP) is 2.70. The first-order valence-electron chi connectivity index (χ1n) is 8.72. The van der Waals surface area contributed by atoms with Gasteiger partial charge in [-0.2, -0.15) is 0 Å². The zero-order chi connectivity index (χ0) is 19.3. The maximum atomic E-state index is 12.8. The summed E-state index contributed by atoms with van der Waals surface area (Å²) in [4.78, 5) is 2.31. The summed E-state index contributed by atoms with van der Waals surface area (Å²) in [5.41, 5.74) is 0.892. The van der Waals surface area contributed by atoms with Crippen LogP contribution in [0.15, 0.2) is 53.4 Å². The van der Waals surface area contributed by atoms with Gasteiger partial charge in [-0.15, -0.1) is 0 Å². The van der Waals surface area contributed by atoms with E-state index in [1.54, 1.807) is 18.2 Å². The predicted molar refractivity (Wildman–Crippen MR) is 105 cm³/mol. The molecule has 0 aliphatic carbocycles. The van der Waals surface area contributed by atoms with Crippen molar-refractivity contribution in [3.05, 3.63) is 59.1 Å². The zero-order valence-corrected chi connectivity index (χ0v) is 16.7. The topological polar surface area (TPSA) is 67.9 Å². The van der Waals surface area contributed by atoms with Crippen molar-refractivity contribution in [1.82, 2.24) is 9.62 Å². The largest absolute Gasteiger partial charge is 0.495 e. The summed E-state index contributed by atoms with van der Waals surface area (Å²) in [6.45, 7) is 2.85. The van der Waals surface area contributed by atoms with Gasteiger partial charge in [0.05, 0.1) is 20.3 Å². The molecule has 0 saturated carbocycles. The van der Waals surface area contributed by atoms with Gasteiger partial charge >= 0.3 is 0 Å². The number of hydrogen-bond acceptors (Lipinski definition) is 5. The van der Waals surface area contributed by atoms with Gasteiger partial charge in [0.25, 0.3) is 0 Å². The number of sulfonamides is 1. The van der Waals surface area contributed by atoms with E-state index in [-0.39, 0.29) is 17.5 Å². The molecule has 1 aliphatic rings. The van der Waals surface area contributed by atoms with Crippen LogP contribution in [-0.4, -0.2) is 53.3 Å². The molecule has 3 rings (SSSR count). The number of rotatable bonds is 7. The highest BCUT2D eigenvalue weighted by Crippen LogP contribution is 2.29. The van der Waals surface area contributed by atoms with Crippen molar-refractivity contribution in [3.63, 3.8) is 0 Å². The molecule has 0 spiro atoms. The first-order chi connectivity index (χ1) is 13.0. The van der Waals surface area contributed by atoms with E-state index in [0.29, 0.717) is 37.1 Å². The Morgan fingerprint density at radius 2 is 1.81 bits per heavy atom. The summed E-state index contributed by atoms with van der Waals surface area (Å²) >= 11 is 6.40. The third kappa shape index (κ3) is 4.80. The number of nitrogens with zero attached hydrogens (tertiary/aromatic N) is 1. The van der Waals surface area contributed by atoms with E-state index in [1.807, 2.05) is 24.3 Å². The molecule has 2 aromatic carbocycles. The van der Waals surface area contributed by atoms with Crippen molar-refractivity contribution in [3.8, 4) is 5.75 Å². The molecular weight excluding hydrogens is 388 g/mol. The molecule has 0 aromatic heterocycles. The summed E-state index contributed by atoms with van der Waals surface area (Å²) in [7, 11) is -2.28. The molecule has 0 bridgehead atoms. The van der Waals surface area contributed by atoms with Crippen molar-refractivity contribution in [2.24, 2.45) is 0 Å². The lowest BCUT2D eigenvalue weighted by Gasteiger charge is -2.35. The fourth-order valence-electron chi connectivity index (χ4n) is 3.18. The van der Waals surface area contributed by atoms with Crippen LogP contribution in [0.25, 0.3) is 0 Å². The monoisotopic (exact) mass is 410 g/mol. The minimum atomic E-state index is -3.73. The Morgan fingerprint density at radius 3 is 2.52 bits per heavy atom. The van der Waals surface area contributed by atoms with E-state index in [2.05, 4.69) is 9.62 Å². The second-order valence-corrected chi connectivity index (χ2v) is 8.33. The smallest absolute Gasteiger partial charge is 0.244 e. The van der Waals surface area contributed by atoms with Gasteiger partial charge in [-0.05, 0) is 23.8 Å². The van der Waals surface area contributed by atoms with Crippen molar-refractivity contribution in [2.75, 3.05) is 40.0 Å². The maximum Gasteiger partial charge on any atom is 0.244 e. The molecule has 1 heterocycles. The van der Waals surface area contributed by atoms with Gasteiger partial charge in [0.15, 0.2) is 0 Å². The van der Waals surface area contributed by atoms with Crippen LogP contribution in [-0.2, 0) is 14.8 Å². The number of hydrogen-bond donors (Lipinski definition) is 1. The third-order valence-corrected chi connectivity index (χ3v) is 6.38. The Bertz CT molecular complexity index is 870. The number of benzene rings is 2. The third-order valence-electron chi connectivity index (χ3n) is 4.58. The molecule has 8 heteroatoms. The maximum absolute atomic E-state index is 12.8. The van der Waals surface area contributed by atoms with Gasteiger partial charge in [-0.25, -0.2) is 13.1 Å². The van der Waals surface area contributed by atoms with Gasteiger partial charge in [0, 0.05) is 30.7 Å². The Balaban J connectivity index is 1.85. The fourth-order valence-corrected chi connectivity index (χ4v) is 4.65. The molecule has 1 atom stereocenters. The van der Waals surface area contributed by atoms with E-state index >= 15 is 0 Å². The molecule has 1 unspecified atom stereocenters. The quantitative estimate of drug-likeness (QED) is 0.760. The SMILES string of the molecule is COc1ccccc1S(=O)(=O)NCC(c1ccccc1Cl)N1CCOCC1. The zero-order valence-electron chi connectivity index (χ0n) is 15.1. The van der Waals surface area contributed by atoms with Crippen LogP contribution in [0.2, 0.25) is 5.02 Å². The van der Waals surface area contributed by atoms with Gasteiger partial charge in [0.2, 0.25) is 10.0 Å². The molecule has 0 radical (unpaired) electrons. The van der Waals surface area contributed by atoms with Crippen molar-refractivity contribution in [2.45, 2.75) is 10.9 Å². The number of para-hydroxylation sites is 1. The first kappa shape index (κ1) is 20.1. The van der Waals surface area contributed by atoms with E-state index in [4.69, 9.17) is 21.1 Å². The molecule has 1 saturated heterocycles. The Labute approximate surface area is 165 Å². The van der Waals surface area contributed by atoms with Crippen LogP contribution >= 0.6 is 11.6 Å². The molecule has 2 aromatic rings. The lowest BCUT2D eigenvalue weighted by atomic mass is 10.0. The van der Waals surface area contributed by atoms with Crippen LogP contribution in [0.5, 0.6) is 5.75 Å². The highest BCUT2D eigenvalue weighted by atomic mass is 35.5. The Kier molecular flexibility index (Phi) is 6.73.